The van der Waals surface area contributed by atoms with Gasteiger partial charge in [0, 0.05) is 11.8 Å². The van der Waals surface area contributed by atoms with Crippen molar-refractivity contribution >= 4 is 29.1 Å². The number of nitrogens with one attached hydrogen (secondary N) is 1. The zero-order chi connectivity index (χ0) is 13.8. The second-order valence-electron chi connectivity index (χ2n) is 4.30. The second kappa shape index (κ2) is 6.34. The summed E-state index contributed by atoms with van der Waals surface area (Å²) in [4.78, 5) is 11.7. The van der Waals surface area contributed by atoms with Gasteiger partial charge < -0.3 is 5.32 Å². The lowest BCUT2D eigenvalue weighted by Gasteiger charge is -2.25. The Hall–Kier alpha value is -0.870. The van der Waals surface area contributed by atoms with E-state index in [1.54, 1.807) is 6.92 Å². The molecule has 0 heterocycles. The number of rotatable bonds is 5. The van der Waals surface area contributed by atoms with Gasteiger partial charge in [-0.25, -0.2) is 8.78 Å². The van der Waals surface area contributed by atoms with E-state index in [9.17, 15) is 13.6 Å². The Balaban J connectivity index is 2.67. The summed E-state index contributed by atoms with van der Waals surface area (Å²) >= 11 is 11.4. The number of benzene rings is 1. The van der Waals surface area contributed by atoms with E-state index in [4.69, 9.17) is 23.2 Å². The summed E-state index contributed by atoms with van der Waals surface area (Å²) in [6.45, 7) is 1.70. The van der Waals surface area contributed by atoms with Crippen LogP contribution < -0.4 is 5.32 Å². The summed E-state index contributed by atoms with van der Waals surface area (Å²) in [5.74, 6) is -1.92. The average Bonchev–Trinajstić information content (AvgIpc) is 2.33. The first-order chi connectivity index (χ1) is 8.40. The van der Waals surface area contributed by atoms with Crippen molar-refractivity contribution in [3.63, 3.8) is 0 Å². The van der Waals surface area contributed by atoms with Gasteiger partial charge in [-0.15, -0.1) is 23.2 Å². The lowest BCUT2D eigenvalue weighted by atomic mass is 10.1. The molecule has 18 heavy (non-hydrogen) atoms. The number of halogens is 4. The van der Waals surface area contributed by atoms with Crippen molar-refractivity contribution in [2.24, 2.45) is 0 Å². The molecular formula is C12H13Cl2F2NO. The maximum Gasteiger partial charge on any atom is 0.224 e. The van der Waals surface area contributed by atoms with Gasteiger partial charge >= 0.3 is 0 Å². The van der Waals surface area contributed by atoms with Gasteiger partial charge in [0.15, 0.2) is 11.6 Å². The predicted octanol–water partition coefficient (Wildman–Crippen LogP) is 2.86. The Labute approximate surface area is 114 Å². The first kappa shape index (κ1) is 15.2. The molecule has 1 aromatic rings. The van der Waals surface area contributed by atoms with Crippen LogP contribution in [0.2, 0.25) is 0 Å². The molecule has 0 atom stereocenters. The maximum absolute atomic E-state index is 13.0. The molecule has 0 bridgehead atoms. The Morgan fingerprint density at radius 2 is 1.89 bits per heavy atom. The van der Waals surface area contributed by atoms with Crippen molar-refractivity contribution in [2.75, 3.05) is 11.8 Å². The number of hydrogen-bond acceptors (Lipinski definition) is 1. The standard InChI is InChI=1S/C12H13Cl2F2NO/c1-12(6-13,7-14)17-11(18)5-8-2-3-9(15)10(16)4-8/h2-4H,5-7H2,1H3,(H,17,18). The first-order valence-corrected chi connectivity index (χ1v) is 6.34. The topological polar surface area (TPSA) is 29.1 Å². The number of carbonyl (C=O) groups is 1. The second-order valence-corrected chi connectivity index (χ2v) is 4.84. The number of hydrogen-bond donors (Lipinski definition) is 1. The van der Waals surface area contributed by atoms with Crippen LogP contribution in [0.5, 0.6) is 0 Å². The lowest BCUT2D eigenvalue weighted by Crippen LogP contribution is -2.49. The molecule has 0 aliphatic heterocycles. The van der Waals surface area contributed by atoms with Gasteiger partial charge in [0.05, 0.1) is 12.0 Å². The minimum absolute atomic E-state index is 0.0550. The molecule has 0 aromatic heterocycles. The fourth-order valence-electron chi connectivity index (χ4n) is 1.32. The Bertz CT molecular complexity index is 436. The van der Waals surface area contributed by atoms with Crippen LogP contribution in [-0.4, -0.2) is 23.2 Å². The fraction of sp³-hybridized carbons (Fsp3) is 0.417. The zero-order valence-electron chi connectivity index (χ0n) is 9.77. The maximum atomic E-state index is 13.0. The average molecular weight is 296 g/mol. The highest BCUT2D eigenvalue weighted by Crippen LogP contribution is 2.12. The van der Waals surface area contributed by atoms with Gasteiger partial charge in [-0.2, -0.15) is 0 Å². The molecule has 0 aliphatic carbocycles. The summed E-state index contributed by atoms with van der Waals surface area (Å²) in [5.41, 5.74) is -0.323. The van der Waals surface area contributed by atoms with Gasteiger partial charge in [-0.05, 0) is 24.6 Å². The Morgan fingerprint density at radius 3 is 2.39 bits per heavy atom. The minimum atomic E-state index is -0.974. The molecule has 100 valence electrons. The van der Waals surface area contributed by atoms with E-state index in [1.807, 2.05) is 0 Å². The molecule has 0 saturated carbocycles. The van der Waals surface area contributed by atoms with Gasteiger partial charge in [-0.1, -0.05) is 6.07 Å². The Kier molecular flexibility index (Phi) is 5.35. The van der Waals surface area contributed by atoms with Crippen LogP contribution >= 0.6 is 23.2 Å². The van der Waals surface area contributed by atoms with E-state index in [2.05, 4.69) is 5.32 Å². The van der Waals surface area contributed by atoms with Crippen LogP contribution in [0.4, 0.5) is 8.78 Å². The molecule has 0 aliphatic rings. The van der Waals surface area contributed by atoms with E-state index >= 15 is 0 Å². The summed E-state index contributed by atoms with van der Waals surface area (Å²) in [5, 5.41) is 2.66. The van der Waals surface area contributed by atoms with E-state index < -0.39 is 17.2 Å². The van der Waals surface area contributed by atoms with Gasteiger partial charge in [0.25, 0.3) is 0 Å². The molecule has 0 fully saturated rings. The largest absolute Gasteiger partial charge is 0.348 e. The molecule has 0 radical (unpaired) electrons. The van der Waals surface area contributed by atoms with Crippen LogP contribution in [-0.2, 0) is 11.2 Å². The third-order valence-electron chi connectivity index (χ3n) is 2.38. The van der Waals surface area contributed by atoms with Crippen LogP contribution in [0, 0.1) is 11.6 Å². The van der Waals surface area contributed by atoms with Crippen molar-refractivity contribution in [1.29, 1.82) is 0 Å². The zero-order valence-corrected chi connectivity index (χ0v) is 11.3. The van der Waals surface area contributed by atoms with E-state index in [0.29, 0.717) is 5.56 Å². The summed E-state index contributed by atoms with van der Waals surface area (Å²) in [6.07, 6.45) is -0.0550. The quantitative estimate of drug-likeness (QED) is 0.832. The van der Waals surface area contributed by atoms with Crippen LogP contribution in [0.15, 0.2) is 18.2 Å². The van der Waals surface area contributed by atoms with Crippen molar-refractivity contribution in [1.82, 2.24) is 5.32 Å². The highest BCUT2D eigenvalue weighted by molar-refractivity contribution is 6.22. The monoisotopic (exact) mass is 295 g/mol. The lowest BCUT2D eigenvalue weighted by molar-refractivity contribution is -0.121. The predicted molar refractivity (Wildman–Crippen MR) is 68.0 cm³/mol. The third kappa shape index (κ3) is 4.10. The van der Waals surface area contributed by atoms with Gasteiger partial charge in [-0.3, -0.25) is 4.79 Å². The third-order valence-corrected chi connectivity index (χ3v) is 3.56. The molecule has 0 spiro atoms. The molecule has 1 rings (SSSR count). The number of carbonyl (C=O) groups excluding carboxylic acids is 1. The summed E-state index contributed by atoms with van der Waals surface area (Å²) < 4.78 is 25.7. The summed E-state index contributed by atoms with van der Waals surface area (Å²) in [6, 6.07) is 3.34. The van der Waals surface area contributed by atoms with Crippen molar-refractivity contribution < 1.29 is 13.6 Å². The van der Waals surface area contributed by atoms with Crippen molar-refractivity contribution in [2.45, 2.75) is 18.9 Å². The van der Waals surface area contributed by atoms with Gasteiger partial charge in [0.2, 0.25) is 5.91 Å². The highest BCUT2D eigenvalue weighted by Gasteiger charge is 2.24. The SMILES string of the molecule is CC(CCl)(CCl)NC(=O)Cc1ccc(F)c(F)c1. The molecule has 1 amide bonds. The minimum Gasteiger partial charge on any atom is -0.348 e. The van der Waals surface area contributed by atoms with E-state index in [1.165, 1.54) is 6.07 Å². The molecule has 0 unspecified atom stereocenters. The summed E-state index contributed by atoms with van der Waals surface area (Å²) in [7, 11) is 0. The Morgan fingerprint density at radius 1 is 1.28 bits per heavy atom. The molecule has 2 nitrogen and oxygen atoms in total. The molecular weight excluding hydrogens is 283 g/mol. The highest BCUT2D eigenvalue weighted by atomic mass is 35.5. The van der Waals surface area contributed by atoms with Crippen LogP contribution in [0.25, 0.3) is 0 Å². The van der Waals surface area contributed by atoms with Crippen molar-refractivity contribution in [3.05, 3.63) is 35.4 Å². The smallest absolute Gasteiger partial charge is 0.224 e. The first-order valence-electron chi connectivity index (χ1n) is 5.27. The normalized spacial score (nSPS) is 11.4. The number of amides is 1. The molecule has 6 heteroatoms. The molecule has 1 N–H and O–H groups in total. The van der Waals surface area contributed by atoms with Crippen molar-refractivity contribution in [3.8, 4) is 0 Å². The molecule has 0 saturated heterocycles. The van der Waals surface area contributed by atoms with E-state index in [-0.39, 0.29) is 24.1 Å². The fourth-order valence-corrected chi connectivity index (χ4v) is 1.74. The van der Waals surface area contributed by atoms with Crippen LogP contribution in [0.3, 0.4) is 0 Å². The van der Waals surface area contributed by atoms with Crippen LogP contribution in [0.1, 0.15) is 12.5 Å². The van der Waals surface area contributed by atoms with E-state index in [0.717, 1.165) is 12.1 Å². The molecule has 1 aromatic carbocycles. The number of alkyl halides is 2. The van der Waals surface area contributed by atoms with Gasteiger partial charge in [0.1, 0.15) is 0 Å².